The number of benzene rings is 2. The number of carbonyl (C=O) groups is 3. The van der Waals surface area contributed by atoms with Crippen LogP contribution in [-0.4, -0.2) is 87.8 Å². The quantitative estimate of drug-likeness (QED) is 0.131. The molecule has 0 radical (unpaired) electrons. The van der Waals surface area contributed by atoms with Gasteiger partial charge >= 0.3 is 30.3 Å². The third-order valence-corrected chi connectivity index (χ3v) is 6.79. The van der Waals surface area contributed by atoms with E-state index in [0.29, 0.717) is 24.5 Å². The SMILES string of the molecule is CC(=N)N1CCC(Oc2ccc(COC(=O)c3ccc4c(c3)CN(C(=N)N)CC4)cc2)CC1.O=C(O)C(F)(F)F.O=C(O)C(F)(F)F. The Morgan fingerprint density at radius 1 is 0.872 bits per heavy atom. The summed E-state index contributed by atoms with van der Waals surface area (Å²) in [5, 5.41) is 29.6. The number of carbonyl (C=O) groups excluding carboxylic acids is 1. The number of carboxylic acids is 2. The molecular formula is C29H33F6N5O7. The van der Waals surface area contributed by atoms with Crippen LogP contribution in [0.15, 0.2) is 42.5 Å². The average molecular weight is 678 g/mol. The van der Waals surface area contributed by atoms with E-state index in [2.05, 4.69) is 4.90 Å². The summed E-state index contributed by atoms with van der Waals surface area (Å²) < 4.78 is 75.1. The fraction of sp³-hybridized carbons (Fsp3) is 0.414. The first kappa shape index (κ1) is 38.2. The van der Waals surface area contributed by atoms with E-state index in [4.69, 9.17) is 45.8 Å². The number of carboxylic acid groups (broad SMARTS) is 2. The lowest BCUT2D eigenvalue weighted by Gasteiger charge is -2.32. The first-order valence-corrected chi connectivity index (χ1v) is 13.8. The second-order valence-corrected chi connectivity index (χ2v) is 10.3. The third-order valence-electron chi connectivity index (χ3n) is 6.79. The Balaban J connectivity index is 0.000000459. The van der Waals surface area contributed by atoms with Crippen molar-refractivity contribution in [1.82, 2.24) is 9.80 Å². The highest BCUT2D eigenvalue weighted by atomic mass is 19.4. The number of esters is 1. The zero-order valence-electron chi connectivity index (χ0n) is 25.0. The van der Waals surface area contributed by atoms with Gasteiger partial charge < -0.3 is 35.2 Å². The molecule has 47 heavy (non-hydrogen) atoms. The Morgan fingerprint density at radius 2 is 1.40 bits per heavy atom. The van der Waals surface area contributed by atoms with E-state index in [9.17, 15) is 31.1 Å². The van der Waals surface area contributed by atoms with Crippen LogP contribution in [0, 0.1) is 10.8 Å². The Bertz CT molecular complexity index is 1400. The van der Waals surface area contributed by atoms with E-state index < -0.39 is 24.3 Å². The van der Waals surface area contributed by atoms with Gasteiger partial charge in [0.05, 0.1) is 11.4 Å². The molecule has 2 aromatic rings. The lowest BCUT2D eigenvalue weighted by atomic mass is 9.97. The van der Waals surface area contributed by atoms with Crippen LogP contribution in [0.25, 0.3) is 0 Å². The second kappa shape index (κ2) is 16.5. The summed E-state index contributed by atoms with van der Waals surface area (Å²) in [6.07, 6.45) is -7.39. The van der Waals surface area contributed by atoms with E-state index in [1.54, 1.807) is 11.0 Å². The van der Waals surface area contributed by atoms with Gasteiger partial charge in [-0.25, -0.2) is 14.4 Å². The van der Waals surface area contributed by atoms with E-state index in [0.717, 1.165) is 49.2 Å². The molecule has 0 aromatic heterocycles. The van der Waals surface area contributed by atoms with Gasteiger partial charge in [0.25, 0.3) is 0 Å². The number of fused-ring (bicyclic) bond motifs is 1. The molecule has 0 atom stereocenters. The first-order chi connectivity index (χ1) is 21.8. The number of guanidine groups is 1. The molecule has 1 saturated heterocycles. The van der Waals surface area contributed by atoms with E-state index in [1.165, 1.54) is 5.56 Å². The van der Waals surface area contributed by atoms with Crippen LogP contribution in [0.2, 0.25) is 0 Å². The van der Waals surface area contributed by atoms with Gasteiger partial charge in [0.15, 0.2) is 5.96 Å². The lowest BCUT2D eigenvalue weighted by Crippen LogP contribution is -2.40. The minimum atomic E-state index is -5.08. The molecule has 2 aliphatic heterocycles. The van der Waals surface area contributed by atoms with Gasteiger partial charge in [-0.3, -0.25) is 10.8 Å². The highest BCUT2D eigenvalue weighted by Crippen LogP contribution is 2.23. The number of alkyl halides is 6. The van der Waals surface area contributed by atoms with E-state index in [-0.39, 0.29) is 24.6 Å². The van der Waals surface area contributed by atoms with Crippen molar-refractivity contribution in [2.75, 3.05) is 19.6 Å². The fourth-order valence-electron chi connectivity index (χ4n) is 4.29. The summed E-state index contributed by atoms with van der Waals surface area (Å²) >= 11 is 0. The predicted octanol–water partition coefficient (Wildman–Crippen LogP) is 4.40. The van der Waals surface area contributed by atoms with Gasteiger partial charge in [0.2, 0.25) is 0 Å². The number of halogens is 6. The molecule has 2 heterocycles. The maximum Gasteiger partial charge on any atom is 0.490 e. The van der Waals surface area contributed by atoms with Crippen LogP contribution in [0.4, 0.5) is 26.3 Å². The first-order valence-electron chi connectivity index (χ1n) is 13.8. The number of amidine groups is 1. The molecule has 2 aliphatic rings. The Labute approximate surface area is 264 Å². The van der Waals surface area contributed by atoms with Crippen molar-refractivity contribution in [2.24, 2.45) is 5.73 Å². The molecule has 2 aromatic carbocycles. The maximum atomic E-state index is 12.6. The molecule has 6 N–H and O–H groups in total. The van der Waals surface area contributed by atoms with Crippen LogP contribution in [-0.2, 0) is 33.9 Å². The van der Waals surface area contributed by atoms with Crippen LogP contribution in [0.1, 0.15) is 46.8 Å². The fourth-order valence-corrected chi connectivity index (χ4v) is 4.29. The molecular weight excluding hydrogens is 644 g/mol. The third kappa shape index (κ3) is 12.7. The van der Waals surface area contributed by atoms with Gasteiger partial charge in [-0.15, -0.1) is 0 Å². The Hall–Kier alpha value is -5.03. The van der Waals surface area contributed by atoms with Crippen molar-refractivity contribution < 1.29 is 60.4 Å². The zero-order valence-corrected chi connectivity index (χ0v) is 25.0. The molecule has 258 valence electrons. The van der Waals surface area contributed by atoms with Crippen molar-refractivity contribution >= 4 is 29.7 Å². The van der Waals surface area contributed by atoms with E-state index >= 15 is 0 Å². The number of rotatable bonds is 5. The van der Waals surface area contributed by atoms with Crippen LogP contribution in [0.5, 0.6) is 5.75 Å². The van der Waals surface area contributed by atoms with Gasteiger partial charge in [0.1, 0.15) is 18.5 Å². The Morgan fingerprint density at radius 3 is 1.87 bits per heavy atom. The van der Waals surface area contributed by atoms with Gasteiger partial charge in [-0.1, -0.05) is 18.2 Å². The molecule has 18 heteroatoms. The molecule has 0 bridgehead atoms. The summed E-state index contributed by atoms with van der Waals surface area (Å²) in [6.45, 7) is 4.96. The number of aliphatic carboxylic acids is 2. The highest BCUT2D eigenvalue weighted by molar-refractivity contribution is 5.89. The largest absolute Gasteiger partial charge is 0.490 e. The molecule has 0 spiro atoms. The average Bonchev–Trinajstić information content (AvgIpc) is 3.00. The summed E-state index contributed by atoms with van der Waals surface area (Å²) in [4.78, 5) is 34.2. The number of ether oxygens (including phenoxy) is 2. The van der Waals surface area contributed by atoms with Gasteiger partial charge in [0, 0.05) is 39.0 Å². The summed E-state index contributed by atoms with van der Waals surface area (Å²) in [5.41, 5.74) is 9.20. The monoisotopic (exact) mass is 677 g/mol. The van der Waals surface area contributed by atoms with Crippen molar-refractivity contribution in [1.29, 1.82) is 10.8 Å². The normalized spacial score (nSPS) is 14.7. The number of hydrogen-bond donors (Lipinski definition) is 5. The summed E-state index contributed by atoms with van der Waals surface area (Å²) in [5.74, 6) is -4.42. The maximum absolute atomic E-state index is 12.6. The Kier molecular flexibility index (Phi) is 13.4. The molecule has 4 rings (SSSR count). The highest BCUT2D eigenvalue weighted by Gasteiger charge is 2.39. The van der Waals surface area contributed by atoms with Gasteiger partial charge in [-0.2, -0.15) is 26.3 Å². The minimum absolute atomic E-state index is 0.0491. The van der Waals surface area contributed by atoms with E-state index in [1.807, 2.05) is 43.3 Å². The molecule has 1 fully saturated rings. The number of piperidine rings is 1. The predicted molar refractivity (Wildman–Crippen MR) is 154 cm³/mol. The number of nitrogens with zero attached hydrogens (tertiary/aromatic N) is 2. The standard InChI is InChI=1S/C25H31N5O3.2C2HF3O2/c1-17(26)29-12-9-23(10-13-29)33-22-6-2-18(3-7-22)16-32-24(31)20-5-4-19-8-11-30(25(27)28)15-21(19)14-20;2*3-2(4,5)1(6)7/h2-7,14,23,26H,8-13,15-16H2,1H3,(H3,27,28);2*(H,6,7). The number of nitrogens with one attached hydrogen (secondary N) is 2. The topological polar surface area (TPSA) is 190 Å². The van der Waals surface area contributed by atoms with Crippen molar-refractivity contribution in [3.05, 3.63) is 64.7 Å². The number of nitrogens with two attached hydrogens (primary N) is 1. The number of likely N-dealkylation sites (tertiary alicyclic amines) is 1. The van der Waals surface area contributed by atoms with Crippen molar-refractivity contribution in [3.63, 3.8) is 0 Å². The van der Waals surface area contributed by atoms with Crippen LogP contribution in [0.3, 0.4) is 0 Å². The molecule has 0 amide bonds. The zero-order chi connectivity index (χ0) is 35.5. The second-order valence-electron chi connectivity index (χ2n) is 10.3. The summed E-state index contributed by atoms with van der Waals surface area (Å²) in [6, 6.07) is 13.2. The molecule has 0 saturated carbocycles. The summed E-state index contributed by atoms with van der Waals surface area (Å²) in [7, 11) is 0. The molecule has 0 aliphatic carbocycles. The van der Waals surface area contributed by atoms with Gasteiger partial charge in [-0.05, 0) is 54.3 Å². The lowest BCUT2D eigenvalue weighted by molar-refractivity contribution is -0.193. The van der Waals surface area contributed by atoms with Crippen molar-refractivity contribution in [3.8, 4) is 5.75 Å². The molecule has 12 nitrogen and oxygen atoms in total. The van der Waals surface area contributed by atoms with Crippen LogP contribution >= 0.6 is 0 Å². The smallest absolute Gasteiger partial charge is 0.490 e. The minimum Gasteiger partial charge on any atom is -0.490 e. The van der Waals surface area contributed by atoms with Crippen molar-refractivity contribution in [2.45, 2.75) is 57.8 Å². The number of hydrogen-bond acceptors (Lipinski definition) is 7. The molecule has 0 unspecified atom stereocenters. The van der Waals surface area contributed by atoms with Crippen LogP contribution < -0.4 is 10.5 Å².